The number of allylic oxidation sites excluding steroid dienone is 6. The molecule has 126 valence electrons. The summed E-state index contributed by atoms with van der Waals surface area (Å²) in [5.74, 6) is -0.678. The molecule has 0 unspecified atom stereocenters. The lowest BCUT2D eigenvalue weighted by Crippen LogP contribution is -1.93. The number of carboxylic acids is 1. The van der Waals surface area contributed by atoms with Gasteiger partial charge in [0.2, 0.25) is 0 Å². The molecular formula is C20H34O2. The van der Waals surface area contributed by atoms with Crippen LogP contribution in [-0.4, -0.2) is 11.1 Å². The SMILES string of the molecule is CC/C=C/CCCCC/C=C/C=C/CCCCCCC(=O)O. The smallest absolute Gasteiger partial charge is 0.303 e. The van der Waals surface area contributed by atoms with Crippen LogP contribution in [0.4, 0.5) is 0 Å². The van der Waals surface area contributed by atoms with E-state index in [1.165, 1.54) is 32.1 Å². The molecule has 0 spiro atoms. The number of hydrogen-bond donors (Lipinski definition) is 1. The van der Waals surface area contributed by atoms with Crippen LogP contribution >= 0.6 is 0 Å². The summed E-state index contributed by atoms with van der Waals surface area (Å²) in [6.45, 7) is 2.17. The average molecular weight is 306 g/mol. The van der Waals surface area contributed by atoms with Crippen LogP contribution in [0.1, 0.15) is 84.0 Å². The average Bonchev–Trinajstić information content (AvgIpc) is 2.50. The fraction of sp³-hybridized carbons (Fsp3) is 0.650. The van der Waals surface area contributed by atoms with Gasteiger partial charge in [0.15, 0.2) is 0 Å². The molecule has 0 aromatic carbocycles. The zero-order valence-corrected chi connectivity index (χ0v) is 14.3. The van der Waals surface area contributed by atoms with E-state index in [-0.39, 0.29) is 0 Å². The van der Waals surface area contributed by atoms with Gasteiger partial charge < -0.3 is 5.11 Å². The van der Waals surface area contributed by atoms with Gasteiger partial charge >= 0.3 is 5.97 Å². The summed E-state index contributed by atoms with van der Waals surface area (Å²) in [5.41, 5.74) is 0. The van der Waals surface area contributed by atoms with Gasteiger partial charge in [0.05, 0.1) is 0 Å². The number of carbonyl (C=O) groups is 1. The summed E-state index contributed by atoms with van der Waals surface area (Å²) in [5, 5.41) is 8.52. The summed E-state index contributed by atoms with van der Waals surface area (Å²) >= 11 is 0. The summed E-state index contributed by atoms with van der Waals surface area (Å²) in [7, 11) is 0. The van der Waals surface area contributed by atoms with Crippen molar-refractivity contribution in [2.24, 2.45) is 0 Å². The van der Waals surface area contributed by atoms with Gasteiger partial charge in [0.1, 0.15) is 0 Å². The van der Waals surface area contributed by atoms with Crippen molar-refractivity contribution < 1.29 is 9.90 Å². The van der Waals surface area contributed by atoms with E-state index in [0.717, 1.165) is 38.5 Å². The minimum atomic E-state index is -0.678. The zero-order chi connectivity index (χ0) is 16.3. The molecule has 0 saturated heterocycles. The summed E-state index contributed by atoms with van der Waals surface area (Å²) in [6.07, 6.45) is 26.3. The van der Waals surface area contributed by atoms with E-state index in [9.17, 15) is 4.79 Å². The van der Waals surface area contributed by atoms with E-state index in [0.29, 0.717) is 6.42 Å². The lowest BCUT2D eigenvalue weighted by molar-refractivity contribution is -0.137. The van der Waals surface area contributed by atoms with E-state index in [2.05, 4.69) is 43.4 Å². The Bertz CT molecular complexity index is 327. The van der Waals surface area contributed by atoms with Gasteiger partial charge in [0, 0.05) is 6.42 Å². The van der Waals surface area contributed by atoms with Crippen molar-refractivity contribution >= 4 is 5.97 Å². The van der Waals surface area contributed by atoms with Crippen LogP contribution in [0.25, 0.3) is 0 Å². The second kappa shape index (κ2) is 17.7. The predicted octanol–water partition coefficient (Wildman–Crippen LogP) is 6.44. The summed E-state index contributed by atoms with van der Waals surface area (Å²) in [6, 6.07) is 0. The Labute approximate surface area is 137 Å². The monoisotopic (exact) mass is 306 g/mol. The highest BCUT2D eigenvalue weighted by atomic mass is 16.4. The van der Waals surface area contributed by atoms with Gasteiger partial charge in [-0.2, -0.15) is 0 Å². The Balaban J connectivity index is 3.24. The molecule has 0 rings (SSSR count). The maximum atomic E-state index is 10.3. The number of rotatable bonds is 15. The number of aliphatic carboxylic acids is 1. The standard InChI is InChI=1S/C20H34O2/c1-2-3-4-5-6-7-8-9-10-11-12-13-14-15-16-17-18-19-20(21)22/h3-4,10-13H,2,5-9,14-19H2,1H3,(H,21,22)/b4-3+,11-10+,13-12+. The second-order valence-electron chi connectivity index (χ2n) is 5.72. The van der Waals surface area contributed by atoms with Gasteiger partial charge in [-0.15, -0.1) is 0 Å². The molecule has 2 heteroatoms. The highest BCUT2D eigenvalue weighted by molar-refractivity contribution is 5.66. The van der Waals surface area contributed by atoms with E-state index >= 15 is 0 Å². The Morgan fingerprint density at radius 2 is 1.23 bits per heavy atom. The van der Waals surface area contributed by atoms with Crippen molar-refractivity contribution in [3.63, 3.8) is 0 Å². The first kappa shape index (κ1) is 20.7. The van der Waals surface area contributed by atoms with Crippen LogP contribution in [0, 0.1) is 0 Å². The highest BCUT2D eigenvalue weighted by Crippen LogP contribution is 2.07. The number of hydrogen-bond acceptors (Lipinski definition) is 1. The summed E-state index contributed by atoms with van der Waals surface area (Å²) < 4.78 is 0. The molecule has 0 radical (unpaired) electrons. The molecular weight excluding hydrogens is 272 g/mol. The van der Waals surface area contributed by atoms with Gasteiger partial charge in [-0.25, -0.2) is 0 Å². The van der Waals surface area contributed by atoms with E-state index in [4.69, 9.17) is 5.11 Å². The molecule has 22 heavy (non-hydrogen) atoms. The zero-order valence-electron chi connectivity index (χ0n) is 14.3. The Morgan fingerprint density at radius 1 is 0.727 bits per heavy atom. The topological polar surface area (TPSA) is 37.3 Å². The highest BCUT2D eigenvalue weighted by Gasteiger charge is 1.95. The van der Waals surface area contributed by atoms with Crippen molar-refractivity contribution in [1.82, 2.24) is 0 Å². The van der Waals surface area contributed by atoms with Crippen LogP contribution in [0.3, 0.4) is 0 Å². The fourth-order valence-corrected chi connectivity index (χ4v) is 2.23. The van der Waals surface area contributed by atoms with E-state index in [1.807, 2.05) is 0 Å². The Hall–Kier alpha value is -1.31. The third kappa shape index (κ3) is 18.7. The van der Waals surface area contributed by atoms with Crippen molar-refractivity contribution in [3.05, 3.63) is 36.5 Å². The van der Waals surface area contributed by atoms with Crippen molar-refractivity contribution in [2.45, 2.75) is 84.0 Å². The second-order valence-corrected chi connectivity index (χ2v) is 5.72. The lowest BCUT2D eigenvalue weighted by atomic mass is 10.1. The molecule has 0 aliphatic carbocycles. The lowest BCUT2D eigenvalue weighted by Gasteiger charge is -1.96. The molecule has 1 N–H and O–H groups in total. The van der Waals surface area contributed by atoms with Gasteiger partial charge in [0.25, 0.3) is 0 Å². The molecule has 0 aromatic heterocycles. The fourth-order valence-electron chi connectivity index (χ4n) is 2.23. The molecule has 2 nitrogen and oxygen atoms in total. The number of unbranched alkanes of at least 4 members (excludes halogenated alkanes) is 8. The molecule has 0 atom stereocenters. The first-order chi connectivity index (χ1) is 10.8. The van der Waals surface area contributed by atoms with Gasteiger partial charge in [-0.05, 0) is 51.4 Å². The predicted molar refractivity (Wildman–Crippen MR) is 96.1 cm³/mol. The molecule has 0 saturated carbocycles. The third-order valence-electron chi connectivity index (χ3n) is 3.54. The minimum Gasteiger partial charge on any atom is -0.481 e. The van der Waals surface area contributed by atoms with Gasteiger partial charge in [-0.1, -0.05) is 62.6 Å². The molecule has 0 fully saturated rings. The van der Waals surface area contributed by atoms with Crippen molar-refractivity contribution in [1.29, 1.82) is 0 Å². The molecule has 0 heterocycles. The maximum absolute atomic E-state index is 10.3. The Morgan fingerprint density at radius 3 is 1.77 bits per heavy atom. The van der Waals surface area contributed by atoms with Crippen LogP contribution in [0.2, 0.25) is 0 Å². The van der Waals surface area contributed by atoms with E-state index in [1.54, 1.807) is 0 Å². The van der Waals surface area contributed by atoms with E-state index < -0.39 is 5.97 Å². The normalized spacial score (nSPS) is 12.0. The van der Waals surface area contributed by atoms with Crippen LogP contribution in [-0.2, 0) is 4.79 Å². The Kier molecular flexibility index (Phi) is 16.7. The molecule has 0 aliphatic rings. The molecule has 0 amide bonds. The largest absolute Gasteiger partial charge is 0.481 e. The molecule has 0 aliphatic heterocycles. The van der Waals surface area contributed by atoms with Crippen LogP contribution < -0.4 is 0 Å². The molecule has 0 bridgehead atoms. The quantitative estimate of drug-likeness (QED) is 0.215. The van der Waals surface area contributed by atoms with Crippen LogP contribution in [0.5, 0.6) is 0 Å². The van der Waals surface area contributed by atoms with Crippen molar-refractivity contribution in [3.8, 4) is 0 Å². The third-order valence-corrected chi connectivity index (χ3v) is 3.54. The molecule has 0 aromatic rings. The van der Waals surface area contributed by atoms with Gasteiger partial charge in [-0.3, -0.25) is 4.79 Å². The first-order valence-corrected chi connectivity index (χ1v) is 8.95. The van der Waals surface area contributed by atoms with Crippen LogP contribution in [0.15, 0.2) is 36.5 Å². The summed E-state index contributed by atoms with van der Waals surface area (Å²) in [4.78, 5) is 10.3. The minimum absolute atomic E-state index is 0.313. The first-order valence-electron chi connectivity index (χ1n) is 8.95. The van der Waals surface area contributed by atoms with Crippen molar-refractivity contribution in [2.75, 3.05) is 0 Å². The maximum Gasteiger partial charge on any atom is 0.303 e. The number of carboxylic acid groups (broad SMARTS) is 1.